The van der Waals surface area contributed by atoms with Crippen molar-refractivity contribution in [2.75, 3.05) is 43.5 Å². The summed E-state index contributed by atoms with van der Waals surface area (Å²) in [4.78, 5) is 14.3. The molecule has 7 rings (SSSR count). The van der Waals surface area contributed by atoms with Crippen molar-refractivity contribution in [1.82, 2.24) is 25.1 Å². The van der Waals surface area contributed by atoms with E-state index in [1.54, 1.807) is 0 Å². The van der Waals surface area contributed by atoms with Crippen LogP contribution in [0, 0.1) is 5.41 Å². The van der Waals surface area contributed by atoms with E-state index in [1.807, 2.05) is 19.4 Å². The molecule has 0 unspecified atom stereocenters. The maximum Gasteiger partial charge on any atom is 0.227 e. The fourth-order valence-corrected chi connectivity index (χ4v) is 5.16. The van der Waals surface area contributed by atoms with Crippen LogP contribution in [0.1, 0.15) is 37.3 Å². The number of aromatic amines is 1. The van der Waals surface area contributed by atoms with Crippen LogP contribution in [-0.4, -0.2) is 70.5 Å². The van der Waals surface area contributed by atoms with E-state index in [2.05, 4.69) is 36.4 Å². The average Bonchev–Trinajstić information content (AvgIpc) is 3.13. The van der Waals surface area contributed by atoms with Gasteiger partial charge < -0.3 is 15.0 Å². The van der Waals surface area contributed by atoms with Crippen molar-refractivity contribution in [2.45, 2.75) is 43.7 Å². The van der Waals surface area contributed by atoms with Gasteiger partial charge in [0.2, 0.25) is 5.95 Å². The van der Waals surface area contributed by atoms with Gasteiger partial charge in [-0.2, -0.15) is 10.1 Å². The molecule has 2 saturated carbocycles. The minimum absolute atomic E-state index is 0.414. The fraction of sp³-hybridized carbons (Fsp3) is 0.650. The first-order chi connectivity index (χ1) is 13.7. The molecule has 8 nitrogen and oxygen atoms in total. The molecule has 8 heteroatoms. The summed E-state index contributed by atoms with van der Waals surface area (Å²) >= 11 is 0. The number of aromatic nitrogens is 4. The molecule has 0 spiro atoms. The van der Waals surface area contributed by atoms with Crippen molar-refractivity contribution in [2.24, 2.45) is 5.41 Å². The Morgan fingerprint density at radius 3 is 2.93 bits per heavy atom. The second kappa shape index (κ2) is 6.15. The lowest BCUT2D eigenvalue weighted by Crippen LogP contribution is -2.56. The standard InChI is InChI=1S/C20H27N7O/c1-28-15-9-26(10-15)11-20-7-14(8-20)27(12-20)19-21-5-4-17(23-19)22-18-6-16(24-25-18)13-2-3-13/h4-6,13-15H,2-3,7-12H2,1H3,(H2,21,22,23,24,25). The summed E-state index contributed by atoms with van der Waals surface area (Å²) in [6.07, 6.45) is 7.32. The summed E-state index contributed by atoms with van der Waals surface area (Å²) in [5.74, 6) is 3.15. The largest absolute Gasteiger partial charge is 0.379 e. The minimum atomic E-state index is 0.414. The van der Waals surface area contributed by atoms with Gasteiger partial charge in [0.25, 0.3) is 0 Å². The lowest BCUT2D eigenvalue weighted by atomic mass is 9.69. The number of nitrogens with zero attached hydrogens (tertiary/aromatic N) is 5. The molecule has 148 valence electrons. The van der Waals surface area contributed by atoms with Gasteiger partial charge in [-0.1, -0.05) is 0 Å². The van der Waals surface area contributed by atoms with E-state index < -0.39 is 0 Å². The van der Waals surface area contributed by atoms with Gasteiger partial charge in [-0.15, -0.1) is 0 Å². The summed E-state index contributed by atoms with van der Waals surface area (Å²) in [6, 6.07) is 4.60. The second-order valence-electron chi connectivity index (χ2n) is 9.09. The van der Waals surface area contributed by atoms with Crippen molar-refractivity contribution < 1.29 is 4.74 Å². The number of fused-ring (bicyclic) bond motifs is 1. The predicted molar refractivity (Wildman–Crippen MR) is 106 cm³/mol. The Hall–Kier alpha value is -2.19. The smallest absolute Gasteiger partial charge is 0.227 e. The highest BCUT2D eigenvalue weighted by Gasteiger charge is 2.57. The molecule has 0 aromatic carbocycles. The zero-order chi connectivity index (χ0) is 18.7. The third-order valence-electron chi connectivity index (χ3n) is 6.87. The maximum absolute atomic E-state index is 5.41. The zero-order valence-corrected chi connectivity index (χ0v) is 16.3. The molecule has 0 radical (unpaired) electrons. The first-order valence-electron chi connectivity index (χ1n) is 10.4. The number of H-pyrrole nitrogens is 1. The molecule has 3 saturated heterocycles. The number of nitrogens with one attached hydrogen (secondary N) is 2. The van der Waals surface area contributed by atoms with Crippen molar-refractivity contribution in [1.29, 1.82) is 0 Å². The molecule has 5 fully saturated rings. The van der Waals surface area contributed by atoms with Gasteiger partial charge in [-0.25, -0.2) is 4.98 Å². The lowest BCUT2D eigenvalue weighted by molar-refractivity contribution is -0.0526. The SMILES string of the molecule is COC1CN(CC23CC(C2)N(c2nccc(Nc4cc(C5CC5)[nH]n4)n2)C3)C1. The monoisotopic (exact) mass is 381 g/mol. The third-order valence-corrected chi connectivity index (χ3v) is 6.87. The number of rotatable bonds is 7. The molecule has 2 aromatic rings. The van der Waals surface area contributed by atoms with E-state index in [0.717, 1.165) is 37.2 Å². The van der Waals surface area contributed by atoms with Crippen LogP contribution in [-0.2, 0) is 4.74 Å². The van der Waals surface area contributed by atoms with Crippen LogP contribution < -0.4 is 10.2 Å². The number of methoxy groups -OCH3 is 1. The fourth-order valence-electron chi connectivity index (χ4n) is 5.16. The van der Waals surface area contributed by atoms with Gasteiger partial charge in [-0.3, -0.25) is 10.00 Å². The first kappa shape index (κ1) is 16.7. The highest BCUT2D eigenvalue weighted by Crippen LogP contribution is 2.53. The number of ether oxygens (including phenoxy) is 1. The van der Waals surface area contributed by atoms with Crippen molar-refractivity contribution in [3.63, 3.8) is 0 Å². The molecule has 2 aliphatic carbocycles. The van der Waals surface area contributed by atoms with E-state index in [9.17, 15) is 0 Å². The summed E-state index contributed by atoms with van der Waals surface area (Å²) in [7, 11) is 1.81. The maximum atomic E-state index is 5.41. The molecule has 28 heavy (non-hydrogen) atoms. The molecule has 3 aliphatic heterocycles. The van der Waals surface area contributed by atoms with Crippen molar-refractivity contribution in [3.8, 4) is 0 Å². The molecule has 5 aliphatic rings. The van der Waals surface area contributed by atoms with Crippen molar-refractivity contribution >= 4 is 17.6 Å². The van der Waals surface area contributed by atoms with E-state index in [1.165, 1.54) is 37.9 Å². The van der Waals surface area contributed by atoms with Gasteiger partial charge in [0, 0.05) is 68.6 Å². The van der Waals surface area contributed by atoms with E-state index in [0.29, 0.717) is 23.5 Å². The molecular weight excluding hydrogens is 354 g/mol. The highest BCUT2D eigenvalue weighted by atomic mass is 16.5. The highest BCUT2D eigenvalue weighted by molar-refractivity contribution is 5.54. The zero-order valence-electron chi connectivity index (χ0n) is 16.3. The Balaban J connectivity index is 1.11. The van der Waals surface area contributed by atoms with E-state index in [4.69, 9.17) is 9.72 Å². The molecule has 0 atom stereocenters. The Morgan fingerprint density at radius 1 is 1.29 bits per heavy atom. The Morgan fingerprint density at radius 2 is 2.14 bits per heavy atom. The van der Waals surface area contributed by atoms with Gasteiger partial charge in [-0.05, 0) is 31.7 Å². The predicted octanol–water partition coefficient (Wildman–Crippen LogP) is 2.12. The molecule has 5 heterocycles. The van der Waals surface area contributed by atoms with Gasteiger partial charge in [0.05, 0.1) is 6.10 Å². The van der Waals surface area contributed by atoms with Crippen molar-refractivity contribution in [3.05, 3.63) is 24.0 Å². The third kappa shape index (κ3) is 2.86. The number of anilines is 3. The van der Waals surface area contributed by atoms with Crippen LogP contribution in [0.3, 0.4) is 0 Å². The number of likely N-dealkylation sites (tertiary alicyclic amines) is 1. The number of hydrogen-bond donors (Lipinski definition) is 2. The second-order valence-corrected chi connectivity index (χ2v) is 9.09. The molecule has 2 N–H and O–H groups in total. The van der Waals surface area contributed by atoms with Gasteiger partial charge in [0.1, 0.15) is 5.82 Å². The summed E-state index contributed by atoms with van der Waals surface area (Å²) in [6.45, 7) is 4.38. The Labute approximate surface area is 164 Å². The van der Waals surface area contributed by atoms with E-state index >= 15 is 0 Å². The quantitative estimate of drug-likeness (QED) is 0.760. The van der Waals surface area contributed by atoms with Gasteiger partial charge >= 0.3 is 0 Å². The topological polar surface area (TPSA) is 82.2 Å². The van der Waals surface area contributed by atoms with Crippen LogP contribution in [0.15, 0.2) is 18.3 Å². The molecular formula is C20H27N7O. The molecule has 0 amide bonds. The molecule has 2 aromatic heterocycles. The average molecular weight is 381 g/mol. The van der Waals surface area contributed by atoms with Crippen LogP contribution in [0.2, 0.25) is 0 Å². The Bertz CT molecular complexity index is 867. The van der Waals surface area contributed by atoms with E-state index in [-0.39, 0.29) is 0 Å². The molecule has 2 bridgehead atoms. The van der Waals surface area contributed by atoms with Crippen LogP contribution in [0.4, 0.5) is 17.6 Å². The Kier molecular flexibility index (Phi) is 3.68. The minimum Gasteiger partial charge on any atom is -0.379 e. The summed E-state index contributed by atoms with van der Waals surface area (Å²) in [5.41, 5.74) is 1.64. The normalized spacial score (nSPS) is 29.6. The van der Waals surface area contributed by atoms with Gasteiger partial charge in [0.15, 0.2) is 5.82 Å². The van der Waals surface area contributed by atoms with Crippen LogP contribution in [0.25, 0.3) is 0 Å². The summed E-state index contributed by atoms with van der Waals surface area (Å²) in [5, 5.41) is 10.8. The summed E-state index contributed by atoms with van der Waals surface area (Å²) < 4.78 is 5.41. The lowest BCUT2D eigenvalue weighted by Gasteiger charge is -2.46. The first-order valence-corrected chi connectivity index (χ1v) is 10.4. The van der Waals surface area contributed by atoms with Crippen LogP contribution >= 0.6 is 0 Å². The van der Waals surface area contributed by atoms with Crippen LogP contribution in [0.5, 0.6) is 0 Å². The number of hydrogen-bond acceptors (Lipinski definition) is 7.